The van der Waals surface area contributed by atoms with Crippen LogP contribution in [-0.2, 0) is 11.8 Å². The lowest BCUT2D eigenvalue weighted by Gasteiger charge is -2.19. The van der Waals surface area contributed by atoms with E-state index >= 15 is 0 Å². The van der Waals surface area contributed by atoms with E-state index < -0.39 is 17.7 Å². The average Bonchev–Trinajstić information content (AvgIpc) is 2.68. The molecule has 1 aromatic heterocycles. The van der Waals surface area contributed by atoms with Gasteiger partial charge in [-0.25, -0.2) is 14.6 Å². The molecule has 1 rings (SSSR count). The van der Waals surface area contributed by atoms with Gasteiger partial charge in [-0.2, -0.15) is 0 Å². The van der Waals surface area contributed by atoms with E-state index in [1.54, 1.807) is 34.0 Å². The van der Waals surface area contributed by atoms with Gasteiger partial charge < -0.3 is 25.0 Å². The number of carbonyl (C=O) groups excluding carboxylic acids is 1. The maximum Gasteiger partial charge on any atom is 0.407 e. The Bertz CT molecular complexity index is 505. The first-order valence-electron chi connectivity index (χ1n) is 6.66. The number of aryl methyl sites for hydroxylation is 1. The summed E-state index contributed by atoms with van der Waals surface area (Å²) in [5.41, 5.74) is -0.510. The van der Waals surface area contributed by atoms with Gasteiger partial charge in [-0.05, 0) is 27.2 Å². The highest BCUT2D eigenvalue weighted by Gasteiger charge is 2.15. The molecule has 0 fully saturated rings. The third-order valence-electron chi connectivity index (χ3n) is 2.40. The quantitative estimate of drug-likeness (QED) is 0.686. The number of rotatable bonds is 6. The van der Waals surface area contributed by atoms with Crippen LogP contribution in [0.25, 0.3) is 0 Å². The zero-order valence-corrected chi connectivity index (χ0v) is 12.8. The number of carbonyl (C=O) groups is 2. The second kappa shape index (κ2) is 6.96. The molecule has 0 aliphatic carbocycles. The van der Waals surface area contributed by atoms with E-state index in [0.29, 0.717) is 25.3 Å². The molecule has 0 saturated carbocycles. The third kappa shape index (κ3) is 6.15. The van der Waals surface area contributed by atoms with Gasteiger partial charge in [-0.1, -0.05) is 0 Å². The van der Waals surface area contributed by atoms with Crippen molar-refractivity contribution in [1.82, 2.24) is 14.9 Å². The molecular formula is C13H22N4O4. The molecule has 0 atom stereocenters. The van der Waals surface area contributed by atoms with E-state index in [9.17, 15) is 9.59 Å². The Morgan fingerprint density at radius 1 is 1.38 bits per heavy atom. The van der Waals surface area contributed by atoms with Crippen LogP contribution in [0.15, 0.2) is 6.20 Å². The minimum atomic E-state index is -1.07. The van der Waals surface area contributed by atoms with E-state index in [4.69, 9.17) is 9.84 Å². The van der Waals surface area contributed by atoms with E-state index in [2.05, 4.69) is 15.6 Å². The monoisotopic (exact) mass is 298 g/mol. The number of aromatic nitrogens is 2. The summed E-state index contributed by atoms with van der Waals surface area (Å²) >= 11 is 0. The first kappa shape index (κ1) is 16.8. The van der Waals surface area contributed by atoms with Gasteiger partial charge >= 0.3 is 12.1 Å². The number of anilines is 1. The Labute approximate surface area is 123 Å². The smallest absolute Gasteiger partial charge is 0.407 e. The van der Waals surface area contributed by atoms with Crippen LogP contribution in [0.1, 0.15) is 37.8 Å². The number of carboxylic acid groups (broad SMARTS) is 1. The van der Waals surface area contributed by atoms with Crippen molar-refractivity contribution in [3.8, 4) is 0 Å². The van der Waals surface area contributed by atoms with E-state index in [-0.39, 0.29) is 5.82 Å². The molecule has 21 heavy (non-hydrogen) atoms. The number of nitrogens with zero attached hydrogens (tertiary/aromatic N) is 2. The summed E-state index contributed by atoms with van der Waals surface area (Å²) in [5, 5.41) is 14.5. The number of alkyl carbamates (subject to hydrolysis) is 1. The Balaban J connectivity index is 2.24. The zero-order valence-electron chi connectivity index (χ0n) is 12.8. The fraction of sp³-hybridized carbons (Fsp3) is 0.615. The molecule has 3 N–H and O–H groups in total. The lowest BCUT2D eigenvalue weighted by atomic mass is 10.2. The molecule has 0 aliphatic heterocycles. The van der Waals surface area contributed by atoms with Crippen molar-refractivity contribution in [2.45, 2.75) is 32.8 Å². The number of imidazole rings is 1. The van der Waals surface area contributed by atoms with Crippen molar-refractivity contribution in [2.24, 2.45) is 7.05 Å². The van der Waals surface area contributed by atoms with Crippen LogP contribution in [0.5, 0.6) is 0 Å². The lowest BCUT2D eigenvalue weighted by molar-refractivity contribution is 0.0527. The van der Waals surface area contributed by atoms with Crippen molar-refractivity contribution in [3.63, 3.8) is 0 Å². The predicted molar refractivity (Wildman–Crippen MR) is 77.5 cm³/mol. The minimum absolute atomic E-state index is 0.0237. The van der Waals surface area contributed by atoms with E-state index in [1.807, 2.05) is 0 Å². The van der Waals surface area contributed by atoms with Crippen LogP contribution in [0, 0.1) is 0 Å². The molecule has 0 unspecified atom stereocenters. The molecular weight excluding hydrogens is 276 g/mol. The van der Waals surface area contributed by atoms with Crippen molar-refractivity contribution in [3.05, 3.63) is 12.0 Å². The van der Waals surface area contributed by atoms with Crippen molar-refractivity contribution in [1.29, 1.82) is 0 Å². The van der Waals surface area contributed by atoms with Gasteiger partial charge in [0.15, 0.2) is 0 Å². The fourth-order valence-corrected chi connectivity index (χ4v) is 1.56. The molecule has 1 amide bonds. The summed E-state index contributed by atoms with van der Waals surface area (Å²) in [6.07, 6.45) is 1.82. The molecule has 8 heteroatoms. The number of ether oxygens (including phenoxy) is 1. The summed E-state index contributed by atoms with van der Waals surface area (Å²) in [6.45, 7) is 6.42. The van der Waals surface area contributed by atoms with Crippen LogP contribution in [0.3, 0.4) is 0 Å². The number of amides is 1. The summed E-state index contributed by atoms with van der Waals surface area (Å²) in [7, 11) is 1.62. The number of nitrogens with one attached hydrogen (secondary N) is 2. The molecule has 0 bridgehead atoms. The minimum Gasteiger partial charge on any atom is -0.475 e. The van der Waals surface area contributed by atoms with Crippen LogP contribution in [0.4, 0.5) is 10.6 Å². The molecule has 0 saturated heterocycles. The normalized spacial score (nSPS) is 11.0. The summed E-state index contributed by atoms with van der Waals surface area (Å²) in [4.78, 5) is 26.1. The van der Waals surface area contributed by atoms with Gasteiger partial charge in [0.05, 0.1) is 0 Å². The Hall–Kier alpha value is -2.25. The van der Waals surface area contributed by atoms with Gasteiger partial charge in [0.2, 0.25) is 5.82 Å². The highest BCUT2D eigenvalue weighted by atomic mass is 16.6. The number of carboxylic acids is 1. The van der Waals surface area contributed by atoms with Crippen LogP contribution < -0.4 is 10.6 Å². The van der Waals surface area contributed by atoms with Gasteiger partial charge in [-0.3, -0.25) is 0 Å². The zero-order chi connectivity index (χ0) is 16.0. The number of hydrogen-bond donors (Lipinski definition) is 3. The lowest BCUT2D eigenvalue weighted by Crippen LogP contribution is -2.33. The number of aromatic carboxylic acids is 1. The third-order valence-corrected chi connectivity index (χ3v) is 2.40. The standard InChI is InChI=1S/C13H22N4O4/c1-13(2,3)21-12(20)15-7-5-6-14-9-8-17(4)10(16-9)11(18)19/h8,14H,5-7H2,1-4H3,(H,15,20)(H,18,19). The van der Waals surface area contributed by atoms with Crippen molar-refractivity contribution in [2.75, 3.05) is 18.4 Å². The maximum atomic E-state index is 11.4. The highest BCUT2D eigenvalue weighted by Crippen LogP contribution is 2.07. The van der Waals surface area contributed by atoms with Gasteiger partial charge in [0.25, 0.3) is 0 Å². The largest absolute Gasteiger partial charge is 0.475 e. The molecule has 1 heterocycles. The van der Waals surface area contributed by atoms with Crippen LogP contribution in [0.2, 0.25) is 0 Å². The Morgan fingerprint density at radius 2 is 2.05 bits per heavy atom. The molecule has 0 spiro atoms. The summed E-state index contributed by atoms with van der Waals surface area (Å²) < 4.78 is 6.53. The van der Waals surface area contributed by atoms with Crippen molar-refractivity contribution >= 4 is 17.9 Å². The van der Waals surface area contributed by atoms with E-state index in [1.165, 1.54) is 4.57 Å². The second-order valence-corrected chi connectivity index (χ2v) is 5.57. The van der Waals surface area contributed by atoms with Gasteiger partial charge in [-0.15, -0.1) is 0 Å². The first-order valence-corrected chi connectivity index (χ1v) is 6.66. The number of hydrogen-bond acceptors (Lipinski definition) is 5. The van der Waals surface area contributed by atoms with Crippen LogP contribution in [-0.4, -0.2) is 45.4 Å². The van der Waals surface area contributed by atoms with Crippen LogP contribution >= 0.6 is 0 Å². The van der Waals surface area contributed by atoms with Gasteiger partial charge in [0.1, 0.15) is 11.4 Å². The molecule has 1 aromatic rings. The van der Waals surface area contributed by atoms with Gasteiger partial charge in [0, 0.05) is 26.3 Å². The Morgan fingerprint density at radius 3 is 2.57 bits per heavy atom. The summed E-state index contributed by atoms with van der Waals surface area (Å²) in [6, 6.07) is 0. The molecule has 0 aromatic carbocycles. The second-order valence-electron chi connectivity index (χ2n) is 5.57. The molecule has 118 valence electrons. The van der Waals surface area contributed by atoms with E-state index in [0.717, 1.165) is 0 Å². The molecule has 8 nitrogen and oxygen atoms in total. The predicted octanol–water partition coefficient (Wildman–Crippen LogP) is 1.44. The highest BCUT2D eigenvalue weighted by molar-refractivity contribution is 5.84. The fourth-order valence-electron chi connectivity index (χ4n) is 1.56. The van der Waals surface area contributed by atoms with Crippen molar-refractivity contribution < 1.29 is 19.4 Å². The topological polar surface area (TPSA) is 105 Å². The average molecular weight is 298 g/mol. The summed E-state index contributed by atoms with van der Waals surface area (Å²) in [5.74, 6) is -0.603. The molecule has 0 aliphatic rings. The maximum absolute atomic E-state index is 11.4. The SMILES string of the molecule is Cn1cc(NCCCNC(=O)OC(C)(C)C)nc1C(=O)O. The first-order chi connectivity index (χ1) is 9.69. The Kier molecular flexibility index (Phi) is 5.57. The molecule has 0 radical (unpaired) electrons.